The van der Waals surface area contributed by atoms with Crippen molar-refractivity contribution >= 4 is 27.5 Å². The second-order valence-corrected chi connectivity index (χ2v) is 8.68. The Bertz CT molecular complexity index is 907. The van der Waals surface area contributed by atoms with Crippen LogP contribution in [-0.4, -0.2) is 31.7 Å². The first-order valence-electron chi connectivity index (χ1n) is 8.87. The summed E-state index contributed by atoms with van der Waals surface area (Å²) in [6.07, 6.45) is 0. The van der Waals surface area contributed by atoms with Gasteiger partial charge in [0.2, 0.25) is 10.0 Å². The minimum Gasteiger partial charge on any atom is -0.345 e. The molecule has 5 nitrogen and oxygen atoms in total. The Morgan fingerprint density at radius 1 is 1.11 bits per heavy atom. The van der Waals surface area contributed by atoms with Crippen LogP contribution < -0.4 is 5.32 Å². The van der Waals surface area contributed by atoms with Gasteiger partial charge in [-0.2, -0.15) is 4.31 Å². The topological polar surface area (TPSA) is 66.5 Å². The molecular formula is C20H25ClN2O3S. The summed E-state index contributed by atoms with van der Waals surface area (Å²) >= 11 is 6.17. The van der Waals surface area contributed by atoms with E-state index in [1.54, 1.807) is 13.8 Å². The Balaban J connectivity index is 2.30. The third-order valence-corrected chi connectivity index (χ3v) is 6.83. The Kier molecular flexibility index (Phi) is 7.03. The van der Waals surface area contributed by atoms with Gasteiger partial charge in [-0.15, -0.1) is 0 Å². The van der Waals surface area contributed by atoms with E-state index in [0.717, 1.165) is 11.1 Å². The Hall–Kier alpha value is -1.89. The van der Waals surface area contributed by atoms with Crippen molar-refractivity contribution in [2.75, 3.05) is 13.1 Å². The average Bonchev–Trinajstić information content (AvgIpc) is 2.63. The van der Waals surface area contributed by atoms with Gasteiger partial charge in [-0.1, -0.05) is 55.3 Å². The maximum Gasteiger partial charge on any atom is 0.253 e. The van der Waals surface area contributed by atoms with E-state index in [2.05, 4.69) is 5.32 Å². The second-order valence-electron chi connectivity index (χ2n) is 6.34. The molecule has 146 valence electrons. The van der Waals surface area contributed by atoms with Crippen LogP contribution in [-0.2, 0) is 10.0 Å². The fourth-order valence-electron chi connectivity index (χ4n) is 2.76. The molecule has 2 aromatic carbocycles. The third-order valence-electron chi connectivity index (χ3n) is 4.45. The maximum absolute atomic E-state index is 12.7. The van der Waals surface area contributed by atoms with E-state index >= 15 is 0 Å². The molecule has 0 saturated heterocycles. The van der Waals surface area contributed by atoms with Crippen molar-refractivity contribution in [3.05, 3.63) is 64.2 Å². The second kappa shape index (κ2) is 8.87. The van der Waals surface area contributed by atoms with Crippen molar-refractivity contribution < 1.29 is 13.2 Å². The van der Waals surface area contributed by atoms with Crippen LogP contribution in [0.3, 0.4) is 0 Å². The number of amides is 1. The highest BCUT2D eigenvalue weighted by Gasteiger charge is 2.24. The molecule has 2 rings (SSSR count). The summed E-state index contributed by atoms with van der Waals surface area (Å²) in [5.41, 5.74) is 2.23. The molecule has 0 fully saturated rings. The lowest BCUT2D eigenvalue weighted by atomic mass is 10.1. The summed E-state index contributed by atoms with van der Waals surface area (Å²) in [6, 6.07) is 11.8. The van der Waals surface area contributed by atoms with Crippen LogP contribution in [0, 0.1) is 6.92 Å². The minimum atomic E-state index is -3.66. The first kappa shape index (κ1) is 21.4. The number of rotatable bonds is 7. The molecule has 0 heterocycles. The number of aryl methyl sites for hydroxylation is 1. The molecule has 1 N–H and O–H groups in total. The number of benzene rings is 2. The van der Waals surface area contributed by atoms with Gasteiger partial charge in [-0.05, 0) is 37.6 Å². The predicted octanol–water partition coefficient (Wildman–Crippen LogP) is 4.17. The molecular weight excluding hydrogens is 384 g/mol. The molecule has 0 radical (unpaired) electrons. The quantitative estimate of drug-likeness (QED) is 0.747. The molecule has 7 heteroatoms. The molecule has 27 heavy (non-hydrogen) atoms. The van der Waals surface area contributed by atoms with Crippen LogP contribution in [0.4, 0.5) is 0 Å². The Labute approximate surface area is 166 Å². The monoisotopic (exact) mass is 408 g/mol. The standard InChI is InChI=1S/C20H25ClN2O3S/c1-5-23(6-2)27(25,26)17-11-12-19(21)18(13-17)20(24)22-15(4)16-9-7-14(3)8-10-16/h7-13,15H,5-6H2,1-4H3,(H,22,24). The normalized spacial score (nSPS) is 12.8. The average molecular weight is 409 g/mol. The van der Waals surface area contributed by atoms with E-state index in [4.69, 9.17) is 11.6 Å². The van der Waals surface area contributed by atoms with Gasteiger partial charge >= 0.3 is 0 Å². The zero-order valence-electron chi connectivity index (χ0n) is 16.0. The Morgan fingerprint density at radius 2 is 1.70 bits per heavy atom. The Morgan fingerprint density at radius 3 is 2.26 bits per heavy atom. The lowest BCUT2D eigenvalue weighted by molar-refractivity contribution is 0.0940. The van der Waals surface area contributed by atoms with E-state index in [0.29, 0.717) is 13.1 Å². The van der Waals surface area contributed by atoms with E-state index < -0.39 is 15.9 Å². The van der Waals surface area contributed by atoms with Gasteiger partial charge in [0, 0.05) is 13.1 Å². The van der Waals surface area contributed by atoms with Crippen LogP contribution >= 0.6 is 11.6 Å². The number of sulfonamides is 1. The molecule has 0 aromatic heterocycles. The minimum absolute atomic E-state index is 0.0590. The van der Waals surface area contributed by atoms with Gasteiger partial charge in [0.15, 0.2) is 0 Å². The van der Waals surface area contributed by atoms with Crippen LogP contribution in [0.5, 0.6) is 0 Å². The SMILES string of the molecule is CCN(CC)S(=O)(=O)c1ccc(Cl)c(C(=O)NC(C)c2ccc(C)cc2)c1. The van der Waals surface area contributed by atoms with E-state index in [1.165, 1.54) is 22.5 Å². The molecule has 1 amide bonds. The number of nitrogens with zero attached hydrogens (tertiary/aromatic N) is 1. The number of carbonyl (C=O) groups excluding carboxylic acids is 1. The summed E-state index contributed by atoms with van der Waals surface area (Å²) < 4.78 is 26.8. The molecule has 0 bridgehead atoms. The number of hydrogen-bond acceptors (Lipinski definition) is 3. The molecule has 0 aliphatic rings. The number of carbonyl (C=O) groups is 1. The van der Waals surface area contributed by atoms with Crippen LogP contribution in [0.1, 0.15) is 48.3 Å². The zero-order chi connectivity index (χ0) is 20.2. The highest BCUT2D eigenvalue weighted by molar-refractivity contribution is 7.89. The van der Waals surface area contributed by atoms with Crippen molar-refractivity contribution in [1.29, 1.82) is 0 Å². The lowest BCUT2D eigenvalue weighted by Crippen LogP contribution is -2.31. The summed E-state index contributed by atoms with van der Waals surface area (Å²) in [6.45, 7) is 8.12. The van der Waals surface area contributed by atoms with Crippen molar-refractivity contribution in [3.63, 3.8) is 0 Å². The molecule has 1 atom stereocenters. The number of hydrogen-bond donors (Lipinski definition) is 1. The fraction of sp³-hybridized carbons (Fsp3) is 0.350. The van der Waals surface area contributed by atoms with Crippen molar-refractivity contribution in [2.45, 2.75) is 38.6 Å². The molecule has 1 unspecified atom stereocenters. The maximum atomic E-state index is 12.7. The van der Waals surface area contributed by atoms with Crippen molar-refractivity contribution in [2.24, 2.45) is 0 Å². The van der Waals surface area contributed by atoms with E-state index in [9.17, 15) is 13.2 Å². The van der Waals surface area contributed by atoms with Crippen molar-refractivity contribution in [1.82, 2.24) is 9.62 Å². The molecule has 0 aliphatic heterocycles. The summed E-state index contributed by atoms with van der Waals surface area (Å²) in [4.78, 5) is 12.8. The van der Waals surface area contributed by atoms with Gasteiger partial charge < -0.3 is 5.32 Å². The first-order chi connectivity index (χ1) is 12.7. The molecule has 0 spiro atoms. The smallest absolute Gasteiger partial charge is 0.253 e. The van der Waals surface area contributed by atoms with Gasteiger partial charge in [-0.25, -0.2) is 8.42 Å². The number of halogens is 1. The van der Waals surface area contributed by atoms with Gasteiger partial charge in [0.05, 0.1) is 21.5 Å². The van der Waals surface area contributed by atoms with Gasteiger partial charge in [-0.3, -0.25) is 4.79 Å². The largest absolute Gasteiger partial charge is 0.345 e. The third kappa shape index (κ3) is 4.89. The zero-order valence-corrected chi connectivity index (χ0v) is 17.6. The molecule has 2 aromatic rings. The number of nitrogens with one attached hydrogen (secondary N) is 1. The van der Waals surface area contributed by atoms with Crippen molar-refractivity contribution in [3.8, 4) is 0 Å². The molecule has 0 saturated carbocycles. The summed E-state index contributed by atoms with van der Waals surface area (Å²) in [5, 5.41) is 3.09. The molecule has 0 aliphatic carbocycles. The predicted molar refractivity (Wildman–Crippen MR) is 109 cm³/mol. The van der Waals surface area contributed by atoms with Crippen LogP contribution in [0.25, 0.3) is 0 Å². The highest BCUT2D eigenvalue weighted by atomic mass is 35.5. The van der Waals surface area contributed by atoms with E-state index in [-0.39, 0.29) is 21.5 Å². The first-order valence-corrected chi connectivity index (χ1v) is 10.7. The fourth-order valence-corrected chi connectivity index (χ4v) is 4.45. The van der Waals surface area contributed by atoms with Crippen LogP contribution in [0.15, 0.2) is 47.4 Å². The summed E-state index contributed by atoms with van der Waals surface area (Å²) in [7, 11) is -3.66. The summed E-state index contributed by atoms with van der Waals surface area (Å²) in [5.74, 6) is -0.412. The highest BCUT2D eigenvalue weighted by Crippen LogP contribution is 2.24. The van der Waals surface area contributed by atoms with E-state index in [1.807, 2.05) is 38.1 Å². The van der Waals surface area contributed by atoms with Gasteiger partial charge in [0.25, 0.3) is 5.91 Å². The van der Waals surface area contributed by atoms with Gasteiger partial charge in [0.1, 0.15) is 0 Å². The van der Waals surface area contributed by atoms with Crippen LogP contribution in [0.2, 0.25) is 5.02 Å². The lowest BCUT2D eigenvalue weighted by Gasteiger charge is -2.19.